The number of halogens is 2. The van der Waals surface area contributed by atoms with Crippen LogP contribution >= 0.6 is 11.6 Å². The second-order valence-electron chi connectivity index (χ2n) is 6.09. The van der Waals surface area contributed by atoms with Crippen LogP contribution in [0.2, 0.25) is 5.02 Å². The first-order valence-electron chi connectivity index (χ1n) is 8.30. The van der Waals surface area contributed by atoms with Gasteiger partial charge in [-0.1, -0.05) is 23.7 Å². The van der Waals surface area contributed by atoms with Gasteiger partial charge < -0.3 is 15.5 Å². The molecule has 0 saturated carbocycles. The highest BCUT2D eigenvalue weighted by atomic mass is 35.5. The molecule has 0 aliphatic rings. The molecule has 0 spiro atoms. The lowest BCUT2D eigenvalue weighted by Gasteiger charge is -2.14. The van der Waals surface area contributed by atoms with E-state index in [1.165, 1.54) is 24.3 Å². The number of benzene rings is 2. The molecule has 138 valence electrons. The Morgan fingerprint density at radius 1 is 1.00 bits per heavy atom. The quantitative estimate of drug-likeness (QED) is 0.648. The van der Waals surface area contributed by atoms with Crippen LogP contribution in [0.1, 0.15) is 5.56 Å². The Balaban J connectivity index is 1.66. The molecule has 5 nitrogen and oxygen atoms in total. The van der Waals surface area contributed by atoms with Gasteiger partial charge in [0.1, 0.15) is 5.82 Å². The van der Waals surface area contributed by atoms with Crippen LogP contribution in [0.5, 0.6) is 0 Å². The average Bonchev–Trinajstić information content (AvgIpc) is 2.58. The molecule has 26 heavy (non-hydrogen) atoms. The molecule has 0 fully saturated rings. The van der Waals surface area contributed by atoms with E-state index in [1.54, 1.807) is 7.05 Å². The third-order valence-corrected chi connectivity index (χ3v) is 3.95. The molecule has 2 aromatic rings. The second-order valence-corrected chi connectivity index (χ2v) is 6.53. The number of hydrogen-bond donors (Lipinski definition) is 3. The van der Waals surface area contributed by atoms with Crippen molar-refractivity contribution in [2.45, 2.75) is 6.42 Å². The molecule has 0 saturated heterocycles. The van der Waals surface area contributed by atoms with Crippen molar-refractivity contribution in [2.24, 2.45) is 0 Å². The van der Waals surface area contributed by atoms with Gasteiger partial charge in [-0.25, -0.2) is 4.39 Å². The Labute approximate surface area is 157 Å². The number of carbonyl (C=O) groups excluding carboxylic acids is 2. The predicted octanol–water partition coefficient (Wildman–Crippen LogP) is 1.29. The number of nitrogens with one attached hydrogen (secondary N) is 3. The monoisotopic (exact) mass is 378 g/mol. The van der Waals surface area contributed by atoms with Crippen molar-refractivity contribution in [1.29, 1.82) is 0 Å². The second kappa shape index (κ2) is 9.89. The van der Waals surface area contributed by atoms with E-state index >= 15 is 0 Å². The van der Waals surface area contributed by atoms with Gasteiger partial charge in [-0.3, -0.25) is 9.59 Å². The Kier molecular flexibility index (Phi) is 7.56. The van der Waals surface area contributed by atoms with Gasteiger partial charge in [-0.2, -0.15) is 0 Å². The van der Waals surface area contributed by atoms with Gasteiger partial charge in [-0.15, -0.1) is 0 Å². The number of anilines is 1. The third kappa shape index (κ3) is 7.21. The van der Waals surface area contributed by atoms with Gasteiger partial charge in [0.25, 0.3) is 11.8 Å². The Morgan fingerprint density at radius 3 is 2.27 bits per heavy atom. The summed E-state index contributed by atoms with van der Waals surface area (Å²) in [6.45, 7) is 0.856. The molecular weight excluding hydrogens is 357 g/mol. The molecule has 1 unspecified atom stereocenters. The molecule has 2 amide bonds. The molecule has 0 radical (unpaired) electrons. The lowest BCUT2D eigenvalue weighted by molar-refractivity contribution is -0.862. The predicted molar refractivity (Wildman–Crippen MR) is 99.8 cm³/mol. The highest BCUT2D eigenvalue weighted by molar-refractivity contribution is 6.30. The summed E-state index contributed by atoms with van der Waals surface area (Å²) in [5.41, 5.74) is 1.62. The summed E-state index contributed by atoms with van der Waals surface area (Å²) in [6.07, 6.45) is 0.715. The zero-order valence-electron chi connectivity index (χ0n) is 14.5. The van der Waals surface area contributed by atoms with Crippen molar-refractivity contribution in [2.75, 3.05) is 32.0 Å². The molecule has 0 aromatic heterocycles. The number of quaternary nitrogens is 1. The number of amides is 2. The number of likely N-dealkylation sites (N-methyl/N-ethyl adjacent to an activating group) is 1. The molecule has 0 heterocycles. The van der Waals surface area contributed by atoms with Crippen LogP contribution < -0.4 is 15.5 Å². The topological polar surface area (TPSA) is 62.6 Å². The van der Waals surface area contributed by atoms with Gasteiger partial charge in [-0.05, 0) is 48.4 Å². The number of hydrogen-bond acceptors (Lipinski definition) is 2. The zero-order chi connectivity index (χ0) is 18.9. The van der Waals surface area contributed by atoms with Crippen LogP contribution in [0.25, 0.3) is 0 Å². The molecular formula is C19H22ClFN3O2+. The van der Waals surface area contributed by atoms with E-state index in [9.17, 15) is 14.0 Å². The first-order chi connectivity index (χ1) is 12.4. The standard InChI is InChI=1S/C19H21ClFN3O2/c1-24(13-19(26)23-17-8-6-16(21)7-9-17)12-18(25)22-11-10-14-2-4-15(20)5-3-14/h2-9H,10-13H2,1H3,(H,22,25)(H,23,26)/p+1. The molecule has 0 bridgehead atoms. The van der Waals surface area contributed by atoms with Gasteiger partial charge in [0.15, 0.2) is 13.1 Å². The van der Waals surface area contributed by atoms with Crippen LogP contribution in [0.4, 0.5) is 10.1 Å². The van der Waals surface area contributed by atoms with E-state index in [1.807, 2.05) is 24.3 Å². The van der Waals surface area contributed by atoms with Crippen molar-refractivity contribution < 1.29 is 18.9 Å². The van der Waals surface area contributed by atoms with E-state index in [0.29, 0.717) is 23.7 Å². The molecule has 1 atom stereocenters. The van der Waals surface area contributed by atoms with E-state index in [-0.39, 0.29) is 30.7 Å². The number of carbonyl (C=O) groups is 2. The lowest BCUT2D eigenvalue weighted by Crippen LogP contribution is -3.11. The van der Waals surface area contributed by atoms with E-state index in [0.717, 1.165) is 10.5 Å². The van der Waals surface area contributed by atoms with Crippen LogP contribution in [-0.4, -0.2) is 38.5 Å². The summed E-state index contributed by atoms with van der Waals surface area (Å²) in [6, 6.07) is 13.0. The molecule has 2 aromatic carbocycles. The SMILES string of the molecule is C[NH+](CC(=O)NCCc1ccc(Cl)cc1)CC(=O)Nc1ccc(F)cc1. The minimum absolute atomic E-state index is 0.119. The van der Waals surface area contributed by atoms with E-state index in [4.69, 9.17) is 11.6 Å². The summed E-state index contributed by atoms with van der Waals surface area (Å²) in [5.74, 6) is -0.713. The maximum absolute atomic E-state index is 12.8. The van der Waals surface area contributed by atoms with Crippen LogP contribution in [-0.2, 0) is 16.0 Å². The Bertz CT molecular complexity index is 735. The number of rotatable bonds is 8. The maximum Gasteiger partial charge on any atom is 0.279 e. The zero-order valence-corrected chi connectivity index (χ0v) is 15.3. The summed E-state index contributed by atoms with van der Waals surface area (Å²) >= 11 is 5.83. The highest BCUT2D eigenvalue weighted by Crippen LogP contribution is 2.09. The summed E-state index contributed by atoms with van der Waals surface area (Å²) in [4.78, 5) is 24.7. The average molecular weight is 379 g/mol. The molecule has 2 rings (SSSR count). The van der Waals surface area contributed by atoms with E-state index < -0.39 is 0 Å². The molecule has 7 heteroatoms. The first-order valence-corrected chi connectivity index (χ1v) is 8.68. The van der Waals surface area contributed by atoms with Gasteiger partial charge in [0.05, 0.1) is 7.05 Å². The first kappa shape index (κ1) is 19.9. The minimum Gasteiger partial charge on any atom is -0.351 e. The molecule has 3 N–H and O–H groups in total. The smallest absolute Gasteiger partial charge is 0.279 e. The molecule has 0 aliphatic heterocycles. The third-order valence-electron chi connectivity index (χ3n) is 3.70. The highest BCUT2D eigenvalue weighted by Gasteiger charge is 2.14. The van der Waals surface area contributed by atoms with Gasteiger partial charge >= 0.3 is 0 Å². The fourth-order valence-corrected chi connectivity index (χ4v) is 2.53. The fourth-order valence-electron chi connectivity index (χ4n) is 2.41. The molecule has 0 aliphatic carbocycles. The fraction of sp³-hybridized carbons (Fsp3) is 0.263. The van der Waals surface area contributed by atoms with Crippen molar-refractivity contribution in [3.8, 4) is 0 Å². The van der Waals surface area contributed by atoms with Crippen molar-refractivity contribution in [3.05, 3.63) is 64.9 Å². The normalized spacial score (nSPS) is 11.7. The van der Waals surface area contributed by atoms with Crippen molar-refractivity contribution in [3.63, 3.8) is 0 Å². The summed E-state index contributed by atoms with van der Waals surface area (Å²) in [5, 5.41) is 6.20. The summed E-state index contributed by atoms with van der Waals surface area (Å²) in [7, 11) is 1.77. The Morgan fingerprint density at radius 2 is 1.62 bits per heavy atom. The summed E-state index contributed by atoms with van der Waals surface area (Å²) < 4.78 is 12.8. The van der Waals surface area contributed by atoms with Crippen LogP contribution in [0.3, 0.4) is 0 Å². The van der Waals surface area contributed by atoms with E-state index in [2.05, 4.69) is 10.6 Å². The van der Waals surface area contributed by atoms with Gasteiger partial charge in [0.2, 0.25) is 0 Å². The lowest BCUT2D eigenvalue weighted by atomic mass is 10.1. The Hall–Kier alpha value is -2.44. The minimum atomic E-state index is -0.360. The maximum atomic E-state index is 12.8. The van der Waals surface area contributed by atoms with Crippen LogP contribution in [0, 0.1) is 5.82 Å². The van der Waals surface area contributed by atoms with Crippen molar-refractivity contribution in [1.82, 2.24) is 5.32 Å². The van der Waals surface area contributed by atoms with Gasteiger partial charge in [0, 0.05) is 17.3 Å². The largest absolute Gasteiger partial charge is 0.351 e. The van der Waals surface area contributed by atoms with Crippen molar-refractivity contribution >= 4 is 29.1 Å². The van der Waals surface area contributed by atoms with Crippen LogP contribution in [0.15, 0.2) is 48.5 Å².